The van der Waals surface area contributed by atoms with Crippen molar-refractivity contribution in [1.82, 2.24) is 14.9 Å². The fraction of sp³-hybridized carbons (Fsp3) is 0.375. The highest BCUT2D eigenvalue weighted by atomic mass is 35.5. The zero-order valence-corrected chi connectivity index (χ0v) is 12.8. The van der Waals surface area contributed by atoms with E-state index in [1.54, 1.807) is 18.3 Å². The molecule has 2 N–H and O–H groups in total. The van der Waals surface area contributed by atoms with Crippen molar-refractivity contribution in [3.05, 3.63) is 47.0 Å². The van der Waals surface area contributed by atoms with Crippen molar-refractivity contribution < 1.29 is 4.79 Å². The highest BCUT2D eigenvalue weighted by molar-refractivity contribution is 6.33. The summed E-state index contributed by atoms with van der Waals surface area (Å²) in [6, 6.07) is 8.04. The Morgan fingerprint density at radius 2 is 2.23 bits per heavy atom. The molecule has 1 aliphatic carbocycles. The van der Waals surface area contributed by atoms with Gasteiger partial charge in [-0.05, 0) is 31.4 Å². The second-order valence-electron chi connectivity index (χ2n) is 5.85. The van der Waals surface area contributed by atoms with Gasteiger partial charge in [0.15, 0.2) is 0 Å². The number of aromatic nitrogens is 2. The number of hydrogen-bond donors (Lipinski definition) is 2. The summed E-state index contributed by atoms with van der Waals surface area (Å²) in [5, 5.41) is 6.94. The molecule has 2 heterocycles. The Morgan fingerprint density at radius 3 is 3.09 bits per heavy atom. The molecule has 114 valence electrons. The monoisotopic (exact) mass is 316 g/mol. The van der Waals surface area contributed by atoms with Crippen molar-refractivity contribution in [2.45, 2.75) is 37.9 Å². The standard InChI is InChI=1S/C16H17ClN4O/c17-10-4-1-2-5-11(10)20-16(22)14-8-19-15-9-18-12-6-3-7-13(12)21(14)15/h1-2,4-5,8,12-13,18H,3,6-7,9H2,(H,20,22). The third-order valence-corrected chi connectivity index (χ3v) is 4.89. The Balaban J connectivity index is 1.65. The second-order valence-corrected chi connectivity index (χ2v) is 6.26. The van der Waals surface area contributed by atoms with Gasteiger partial charge in [0.2, 0.25) is 0 Å². The molecule has 22 heavy (non-hydrogen) atoms. The average molecular weight is 317 g/mol. The first-order chi connectivity index (χ1) is 10.7. The summed E-state index contributed by atoms with van der Waals surface area (Å²) in [4.78, 5) is 17.0. The van der Waals surface area contributed by atoms with Crippen LogP contribution in [0.2, 0.25) is 5.02 Å². The van der Waals surface area contributed by atoms with Crippen molar-refractivity contribution in [3.63, 3.8) is 0 Å². The Hall–Kier alpha value is -1.85. The lowest BCUT2D eigenvalue weighted by Gasteiger charge is -2.30. The summed E-state index contributed by atoms with van der Waals surface area (Å²) in [5.41, 5.74) is 1.25. The van der Waals surface area contributed by atoms with Crippen LogP contribution in [0.4, 0.5) is 5.69 Å². The third-order valence-electron chi connectivity index (χ3n) is 4.56. The van der Waals surface area contributed by atoms with Crippen LogP contribution >= 0.6 is 11.6 Å². The van der Waals surface area contributed by atoms with Crippen LogP contribution in [0.15, 0.2) is 30.5 Å². The van der Waals surface area contributed by atoms with E-state index in [2.05, 4.69) is 20.2 Å². The first-order valence-corrected chi connectivity index (χ1v) is 7.97. The van der Waals surface area contributed by atoms with E-state index in [9.17, 15) is 4.79 Å². The molecule has 1 aliphatic heterocycles. The van der Waals surface area contributed by atoms with E-state index >= 15 is 0 Å². The first-order valence-electron chi connectivity index (χ1n) is 7.59. The van der Waals surface area contributed by atoms with Gasteiger partial charge in [0.05, 0.1) is 29.5 Å². The van der Waals surface area contributed by atoms with Crippen LogP contribution in [0.3, 0.4) is 0 Å². The van der Waals surface area contributed by atoms with Gasteiger partial charge >= 0.3 is 0 Å². The number of rotatable bonds is 2. The van der Waals surface area contributed by atoms with Crippen LogP contribution in [0.1, 0.15) is 41.6 Å². The van der Waals surface area contributed by atoms with Crippen molar-refractivity contribution in [3.8, 4) is 0 Å². The lowest BCUT2D eigenvalue weighted by atomic mass is 10.1. The third kappa shape index (κ3) is 2.21. The predicted molar refractivity (Wildman–Crippen MR) is 85.1 cm³/mol. The lowest BCUT2D eigenvalue weighted by Crippen LogP contribution is -2.41. The molecule has 5 nitrogen and oxygen atoms in total. The first kappa shape index (κ1) is 13.8. The van der Waals surface area contributed by atoms with Crippen molar-refractivity contribution >= 4 is 23.2 Å². The number of carbonyl (C=O) groups is 1. The minimum Gasteiger partial charge on any atom is -0.319 e. The van der Waals surface area contributed by atoms with Crippen molar-refractivity contribution in [2.75, 3.05) is 5.32 Å². The molecule has 2 aliphatic rings. The fourth-order valence-corrected chi connectivity index (χ4v) is 3.71. The van der Waals surface area contributed by atoms with Crippen molar-refractivity contribution in [2.24, 2.45) is 0 Å². The number of imidazole rings is 1. The maximum Gasteiger partial charge on any atom is 0.273 e. The molecule has 2 unspecified atom stereocenters. The average Bonchev–Trinajstić information content (AvgIpc) is 3.14. The fourth-order valence-electron chi connectivity index (χ4n) is 3.53. The van der Waals surface area contributed by atoms with Gasteiger partial charge < -0.3 is 15.2 Å². The molecule has 2 aromatic rings. The van der Waals surface area contributed by atoms with Gasteiger partial charge in [0.25, 0.3) is 5.91 Å². The molecule has 1 fully saturated rings. The molecular formula is C16H17ClN4O. The van der Waals surface area contributed by atoms with Crippen LogP contribution < -0.4 is 10.6 Å². The van der Waals surface area contributed by atoms with Gasteiger partial charge in [0.1, 0.15) is 11.5 Å². The summed E-state index contributed by atoms with van der Waals surface area (Å²) in [5.74, 6) is 0.784. The Bertz CT molecular complexity index is 727. The Kier molecular flexibility index (Phi) is 3.39. The number of anilines is 1. The number of carbonyl (C=O) groups excluding carboxylic acids is 1. The highest BCUT2D eigenvalue weighted by Crippen LogP contribution is 2.35. The van der Waals surface area contributed by atoms with Crippen LogP contribution in [-0.2, 0) is 6.54 Å². The minimum atomic E-state index is -0.153. The highest BCUT2D eigenvalue weighted by Gasteiger charge is 2.36. The van der Waals surface area contributed by atoms with Crippen LogP contribution in [0.25, 0.3) is 0 Å². The Labute approximate surface area is 133 Å². The summed E-state index contributed by atoms with van der Waals surface area (Å²) in [6.45, 7) is 0.723. The number of para-hydroxylation sites is 1. The molecule has 1 saturated carbocycles. The lowest BCUT2D eigenvalue weighted by molar-refractivity contribution is 0.101. The van der Waals surface area contributed by atoms with Gasteiger partial charge in [-0.2, -0.15) is 0 Å². The molecule has 0 radical (unpaired) electrons. The molecule has 0 spiro atoms. The van der Waals surface area contributed by atoms with Crippen LogP contribution in [0, 0.1) is 0 Å². The quantitative estimate of drug-likeness (QED) is 0.895. The molecule has 4 rings (SSSR count). The number of benzene rings is 1. The molecule has 1 aromatic heterocycles. The molecular weight excluding hydrogens is 300 g/mol. The SMILES string of the molecule is O=C(Nc1ccccc1Cl)c1cnc2n1C1CCCC1NC2. The van der Waals surface area contributed by atoms with E-state index in [1.165, 1.54) is 6.42 Å². The predicted octanol–water partition coefficient (Wildman–Crippen LogP) is 2.99. The maximum atomic E-state index is 12.6. The van der Waals surface area contributed by atoms with E-state index in [-0.39, 0.29) is 5.91 Å². The van der Waals surface area contributed by atoms with E-state index in [0.717, 1.165) is 25.2 Å². The van der Waals surface area contributed by atoms with Gasteiger partial charge in [0, 0.05) is 6.04 Å². The van der Waals surface area contributed by atoms with Crippen LogP contribution in [0.5, 0.6) is 0 Å². The van der Waals surface area contributed by atoms with E-state index in [1.807, 2.05) is 12.1 Å². The molecule has 0 bridgehead atoms. The van der Waals surface area contributed by atoms with E-state index in [0.29, 0.717) is 28.5 Å². The zero-order chi connectivity index (χ0) is 15.1. The number of nitrogens with zero attached hydrogens (tertiary/aromatic N) is 2. The normalized spacial score (nSPS) is 23.0. The summed E-state index contributed by atoms with van der Waals surface area (Å²) in [6.07, 6.45) is 5.11. The van der Waals surface area contributed by atoms with Gasteiger partial charge in [-0.15, -0.1) is 0 Å². The topological polar surface area (TPSA) is 59.0 Å². The molecule has 1 aromatic carbocycles. The molecule has 6 heteroatoms. The van der Waals surface area contributed by atoms with Gasteiger partial charge in [-0.25, -0.2) is 4.98 Å². The summed E-state index contributed by atoms with van der Waals surface area (Å²) in [7, 11) is 0. The number of halogens is 1. The largest absolute Gasteiger partial charge is 0.319 e. The maximum absolute atomic E-state index is 12.6. The van der Waals surface area contributed by atoms with Gasteiger partial charge in [-0.3, -0.25) is 4.79 Å². The van der Waals surface area contributed by atoms with E-state index in [4.69, 9.17) is 11.6 Å². The second kappa shape index (κ2) is 5.41. The minimum absolute atomic E-state index is 0.153. The summed E-state index contributed by atoms with van der Waals surface area (Å²) < 4.78 is 2.11. The Morgan fingerprint density at radius 1 is 1.36 bits per heavy atom. The van der Waals surface area contributed by atoms with Crippen LogP contribution in [-0.4, -0.2) is 21.5 Å². The van der Waals surface area contributed by atoms with Gasteiger partial charge in [-0.1, -0.05) is 23.7 Å². The summed E-state index contributed by atoms with van der Waals surface area (Å²) >= 11 is 6.12. The smallest absolute Gasteiger partial charge is 0.273 e. The number of amides is 1. The number of fused-ring (bicyclic) bond motifs is 3. The van der Waals surface area contributed by atoms with E-state index < -0.39 is 0 Å². The zero-order valence-electron chi connectivity index (χ0n) is 12.1. The number of nitrogens with one attached hydrogen (secondary N) is 2. The molecule has 1 amide bonds. The molecule has 0 saturated heterocycles. The van der Waals surface area contributed by atoms with Crippen molar-refractivity contribution in [1.29, 1.82) is 0 Å². The molecule has 2 atom stereocenters. The number of hydrogen-bond acceptors (Lipinski definition) is 3.